The minimum atomic E-state index is -0.273. The first kappa shape index (κ1) is 20.4. The number of nitrogens with zero attached hydrogens (tertiary/aromatic N) is 4. The van der Waals surface area contributed by atoms with Crippen molar-refractivity contribution in [3.8, 4) is 11.1 Å². The Labute approximate surface area is 186 Å². The number of aryl methyl sites for hydroxylation is 1. The normalized spacial score (nSPS) is 14.7. The molecule has 7 heteroatoms. The summed E-state index contributed by atoms with van der Waals surface area (Å²) in [5.41, 5.74) is 4.25. The second-order valence-corrected chi connectivity index (χ2v) is 8.61. The summed E-state index contributed by atoms with van der Waals surface area (Å²) in [4.78, 5) is 17.4. The molecule has 1 aromatic carbocycles. The van der Waals surface area contributed by atoms with Gasteiger partial charge < -0.3 is 9.72 Å². The van der Waals surface area contributed by atoms with Crippen molar-refractivity contribution in [3.63, 3.8) is 0 Å². The fraction of sp³-hybridized carbons (Fsp3) is 0.320. The minimum Gasteiger partial charge on any atom is -0.349 e. The van der Waals surface area contributed by atoms with Crippen molar-refractivity contribution in [2.45, 2.75) is 44.6 Å². The number of hydrogen-bond donors (Lipinski definition) is 1. The van der Waals surface area contributed by atoms with Gasteiger partial charge in [0.05, 0.1) is 11.8 Å². The van der Waals surface area contributed by atoms with E-state index in [0.717, 1.165) is 42.4 Å². The molecule has 164 valence electrons. The zero-order valence-electron chi connectivity index (χ0n) is 18.1. The number of rotatable bonds is 5. The van der Waals surface area contributed by atoms with Crippen LogP contribution < -0.4 is 5.32 Å². The maximum absolute atomic E-state index is 14.9. The standard InChI is InChI=1S/C25H26FN5O/c1-30-16-20(14-28-30)18-7-8-19(23(26)13-18)11-17-12-22(24-27-9-10-31(24)15-17)25(32)29-21-5-3-2-4-6-21/h7-10,12-16,21H,2-6,11H2,1H3,(H,29,32). The van der Waals surface area contributed by atoms with E-state index >= 15 is 0 Å². The third-order valence-electron chi connectivity index (χ3n) is 6.22. The van der Waals surface area contributed by atoms with E-state index in [0.29, 0.717) is 23.2 Å². The monoisotopic (exact) mass is 431 g/mol. The lowest BCUT2D eigenvalue weighted by Gasteiger charge is -2.23. The number of benzene rings is 1. The van der Waals surface area contributed by atoms with Gasteiger partial charge in [-0.05, 0) is 41.7 Å². The van der Waals surface area contributed by atoms with Crippen LogP contribution in [0.4, 0.5) is 4.39 Å². The van der Waals surface area contributed by atoms with E-state index in [1.807, 2.05) is 42.2 Å². The molecule has 1 amide bonds. The molecule has 3 heterocycles. The number of aromatic nitrogens is 4. The molecule has 1 N–H and O–H groups in total. The van der Waals surface area contributed by atoms with E-state index in [1.54, 1.807) is 29.2 Å². The van der Waals surface area contributed by atoms with Crippen molar-refractivity contribution in [1.29, 1.82) is 0 Å². The molecule has 0 saturated heterocycles. The summed E-state index contributed by atoms with van der Waals surface area (Å²) in [5.74, 6) is -0.382. The topological polar surface area (TPSA) is 64.2 Å². The molecule has 1 aliphatic carbocycles. The van der Waals surface area contributed by atoms with Gasteiger partial charge in [0.25, 0.3) is 5.91 Å². The summed E-state index contributed by atoms with van der Waals surface area (Å²) in [6, 6.07) is 7.31. The van der Waals surface area contributed by atoms with Crippen LogP contribution in [0.25, 0.3) is 16.8 Å². The Morgan fingerprint density at radius 1 is 1.16 bits per heavy atom. The Morgan fingerprint density at radius 3 is 2.75 bits per heavy atom. The van der Waals surface area contributed by atoms with Crippen LogP contribution in [0.3, 0.4) is 0 Å². The SMILES string of the molecule is Cn1cc(-c2ccc(Cc3cc(C(=O)NC4CCCCC4)c4nccn4c3)c(F)c2)cn1. The first-order chi connectivity index (χ1) is 15.6. The number of pyridine rings is 1. The van der Waals surface area contributed by atoms with E-state index in [4.69, 9.17) is 0 Å². The molecule has 0 bridgehead atoms. The highest BCUT2D eigenvalue weighted by molar-refractivity contribution is 6.00. The molecule has 32 heavy (non-hydrogen) atoms. The number of fused-ring (bicyclic) bond motifs is 1. The second kappa shape index (κ2) is 8.57. The van der Waals surface area contributed by atoms with Crippen LogP contribution in [0, 0.1) is 5.82 Å². The molecule has 1 aliphatic rings. The third kappa shape index (κ3) is 4.15. The Bertz CT molecular complexity index is 1270. The van der Waals surface area contributed by atoms with E-state index in [-0.39, 0.29) is 17.8 Å². The quantitative estimate of drug-likeness (QED) is 0.505. The molecule has 3 aromatic heterocycles. The Kier molecular flexibility index (Phi) is 5.47. The third-order valence-corrected chi connectivity index (χ3v) is 6.22. The van der Waals surface area contributed by atoms with Gasteiger partial charge in [0.2, 0.25) is 0 Å². The van der Waals surface area contributed by atoms with Gasteiger partial charge in [0, 0.05) is 49.9 Å². The Balaban J connectivity index is 1.41. The number of halogens is 1. The molecule has 5 rings (SSSR count). The summed E-state index contributed by atoms with van der Waals surface area (Å²) in [6.07, 6.45) is 14.9. The summed E-state index contributed by atoms with van der Waals surface area (Å²) in [7, 11) is 1.84. The van der Waals surface area contributed by atoms with Gasteiger partial charge in [0.1, 0.15) is 11.5 Å². The molecule has 1 fully saturated rings. The molecule has 6 nitrogen and oxygen atoms in total. The Hall–Kier alpha value is -3.48. The number of hydrogen-bond acceptors (Lipinski definition) is 3. The lowest BCUT2D eigenvalue weighted by molar-refractivity contribution is 0.0928. The Morgan fingerprint density at radius 2 is 2.00 bits per heavy atom. The van der Waals surface area contributed by atoms with Gasteiger partial charge in [-0.25, -0.2) is 9.37 Å². The van der Waals surface area contributed by atoms with Crippen LogP contribution in [0.15, 0.2) is 55.2 Å². The summed E-state index contributed by atoms with van der Waals surface area (Å²) in [5, 5.41) is 7.33. The van der Waals surface area contributed by atoms with E-state index in [2.05, 4.69) is 15.4 Å². The summed E-state index contributed by atoms with van der Waals surface area (Å²) < 4.78 is 18.5. The number of amides is 1. The first-order valence-corrected chi connectivity index (χ1v) is 11.1. The second-order valence-electron chi connectivity index (χ2n) is 8.61. The van der Waals surface area contributed by atoms with Gasteiger partial charge in [-0.1, -0.05) is 31.4 Å². The van der Waals surface area contributed by atoms with Crippen LogP contribution in [0.5, 0.6) is 0 Å². The lowest BCUT2D eigenvalue weighted by Crippen LogP contribution is -2.36. The van der Waals surface area contributed by atoms with Crippen LogP contribution in [0.1, 0.15) is 53.6 Å². The van der Waals surface area contributed by atoms with Crippen molar-refractivity contribution in [3.05, 3.63) is 77.8 Å². The maximum Gasteiger partial charge on any atom is 0.255 e. The molecular formula is C25H26FN5O. The molecule has 0 atom stereocenters. The zero-order chi connectivity index (χ0) is 22.1. The molecule has 4 aromatic rings. The summed E-state index contributed by atoms with van der Waals surface area (Å²) >= 11 is 0. The van der Waals surface area contributed by atoms with E-state index in [1.165, 1.54) is 6.42 Å². The highest BCUT2D eigenvalue weighted by Crippen LogP contribution is 2.24. The highest BCUT2D eigenvalue weighted by Gasteiger charge is 2.20. The predicted molar refractivity (Wildman–Crippen MR) is 121 cm³/mol. The van der Waals surface area contributed by atoms with E-state index in [9.17, 15) is 9.18 Å². The summed E-state index contributed by atoms with van der Waals surface area (Å²) in [6.45, 7) is 0. The fourth-order valence-corrected chi connectivity index (χ4v) is 4.53. The van der Waals surface area contributed by atoms with E-state index < -0.39 is 0 Å². The number of nitrogens with one attached hydrogen (secondary N) is 1. The smallest absolute Gasteiger partial charge is 0.255 e. The zero-order valence-corrected chi connectivity index (χ0v) is 18.1. The van der Waals surface area contributed by atoms with Crippen molar-refractivity contribution >= 4 is 11.6 Å². The number of carbonyl (C=O) groups excluding carboxylic acids is 1. The van der Waals surface area contributed by atoms with Crippen LogP contribution in [-0.2, 0) is 13.5 Å². The minimum absolute atomic E-state index is 0.109. The number of carbonyl (C=O) groups is 1. The average molecular weight is 432 g/mol. The van der Waals surface area contributed by atoms with Crippen molar-refractivity contribution in [1.82, 2.24) is 24.5 Å². The molecular weight excluding hydrogens is 405 g/mol. The van der Waals surface area contributed by atoms with Gasteiger partial charge in [-0.3, -0.25) is 9.48 Å². The highest BCUT2D eigenvalue weighted by atomic mass is 19.1. The molecule has 0 spiro atoms. The van der Waals surface area contributed by atoms with Crippen LogP contribution in [0.2, 0.25) is 0 Å². The van der Waals surface area contributed by atoms with Crippen molar-refractivity contribution in [2.75, 3.05) is 0 Å². The fourth-order valence-electron chi connectivity index (χ4n) is 4.53. The largest absolute Gasteiger partial charge is 0.349 e. The van der Waals surface area contributed by atoms with Gasteiger partial charge in [-0.2, -0.15) is 5.10 Å². The van der Waals surface area contributed by atoms with Gasteiger partial charge in [-0.15, -0.1) is 0 Å². The average Bonchev–Trinajstić information content (AvgIpc) is 3.44. The molecule has 0 unspecified atom stereocenters. The van der Waals surface area contributed by atoms with Gasteiger partial charge >= 0.3 is 0 Å². The predicted octanol–water partition coefficient (Wildman–Crippen LogP) is 4.53. The van der Waals surface area contributed by atoms with Gasteiger partial charge in [0.15, 0.2) is 0 Å². The van der Waals surface area contributed by atoms with Crippen molar-refractivity contribution in [2.24, 2.45) is 7.05 Å². The number of imidazole rings is 1. The lowest BCUT2D eigenvalue weighted by atomic mass is 9.95. The van der Waals surface area contributed by atoms with Crippen LogP contribution >= 0.6 is 0 Å². The van der Waals surface area contributed by atoms with Crippen LogP contribution in [-0.4, -0.2) is 31.1 Å². The first-order valence-electron chi connectivity index (χ1n) is 11.1. The molecule has 1 saturated carbocycles. The maximum atomic E-state index is 14.9. The molecule has 0 aliphatic heterocycles. The molecule has 0 radical (unpaired) electrons. The van der Waals surface area contributed by atoms with Crippen molar-refractivity contribution < 1.29 is 9.18 Å².